The Morgan fingerprint density at radius 3 is 2.32 bits per heavy atom. The first-order valence-electron chi connectivity index (χ1n) is 6.91. The van der Waals surface area contributed by atoms with Crippen LogP contribution >= 0.6 is 0 Å². The van der Waals surface area contributed by atoms with Crippen molar-refractivity contribution < 1.29 is 13.3 Å². The van der Waals surface area contributed by atoms with Crippen molar-refractivity contribution in [1.82, 2.24) is 0 Å². The van der Waals surface area contributed by atoms with Gasteiger partial charge in [-0.15, -0.1) is 0 Å². The number of nitrogens with zero attached hydrogens (tertiary/aromatic N) is 1. The molecule has 0 N–H and O–H groups in total. The van der Waals surface area contributed by atoms with Crippen molar-refractivity contribution in [2.45, 2.75) is 11.3 Å². The average Bonchev–Trinajstić information content (AvgIpc) is 3.04. The largest absolute Gasteiger partial charge is 0.361 e. The van der Waals surface area contributed by atoms with Gasteiger partial charge in [0.05, 0.1) is 22.8 Å². The van der Waals surface area contributed by atoms with Crippen LogP contribution in [-0.4, -0.2) is 19.9 Å². The quantitative estimate of drug-likeness (QED) is 0.871. The summed E-state index contributed by atoms with van der Waals surface area (Å²) in [5.74, 6) is 0.475. The number of oxime groups is 1. The van der Waals surface area contributed by atoms with Gasteiger partial charge < -0.3 is 4.84 Å². The number of hydrogen-bond acceptors (Lipinski definition) is 4. The fraction of sp³-hybridized carbons (Fsp3) is 0.118. The average molecular weight is 313 g/mol. The number of benzene rings is 2. The van der Waals surface area contributed by atoms with E-state index in [2.05, 4.69) is 5.16 Å². The van der Waals surface area contributed by atoms with Gasteiger partial charge in [0.25, 0.3) is 0 Å². The molecule has 0 unspecified atom stereocenters. The Morgan fingerprint density at radius 2 is 1.64 bits per heavy atom. The van der Waals surface area contributed by atoms with Crippen molar-refractivity contribution in [2.24, 2.45) is 5.16 Å². The van der Waals surface area contributed by atoms with E-state index in [1.54, 1.807) is 36.4 Å². The molecule has 2 aromatic carbocycles. The van der Waals surface area contributed by atoms with Crippen LogP contribution in [0.4, 0.5) is 0 Å². The summed E-state index contributed by atoms with van der Waals surface area (Å²) in [5, 5.41) is 4.01. The SMILES string of the molecule is O=S(=O)(C/C=C1/CC(c2ccccc2)=NO1)c1ccccc1. The van der Waals surface area contributed by atoms with Crippen LogP contribution in [0.1, 0.15) is 12.0 Å². The fourth-order valence-electron chi connectivity index (χ4n) is 2.16. The van der Waals surface area contributed by atoms with Crippen molar-refractivity contribution in [3.63, 3.8) is 0 Å². The molecule has 0 saturated heterocycles. The second-order valence-corrected chi connectivity index (χ2v) is 6.97. The van der Waals surface area contributed by atoms with Crippen LogP contribution in [0, 0.1) is 0 Å². The summed E-state index contributed by atoms with van der Waals surface area (Å²) < 4.78 is 24.4. The Labute approximate surface area is 129 Å². The predicted octanol–water partition coefficient (Wildman–Crippen LogP) is 3.17. The minimum atomic E-state index is -3.34. The van der Waals surface area contributed by atoms with Crippen LogP contribution in [0.2, 0.25) is 0 Å². The topological polar surface area (TPSA) is 55.7 Å². The normalized spacial score (nSPS) is 16.4. The van der Waals surface area contributed by atoms with Crippen LogP contribution in [0.5, 0.6) is 0 Å². The molecule has 112 valence electrons. The molecule has 1 aliphatic heterocycles. The molecule has 22 heavy (non-hydrogen) atoms. The second-order valence-electron chi connectivity index (χ2n) is 4.94. The Morgan fingerprint density at radius 1 is 1.00 bits per heavy atom. The highest BCUT2D eigenvalue weighted by Crippen LogP contribution is 2.20. The molecule has 0 atom stereocenters. The minimum absolute atomic E-state index is 0.0933. The van der Waals surface area contributed by atoms with E-state index in [4.69, 9.17) is 4.84 Å². The molecule has 0 aliphatic carbocycles. The Kier molecular flexibility index (Phi) is 4.06. The lowest BCUT2D eigenvalue weighted by atomic mass is 10.1. The highest BCUT2D eigenvalue weighted by atomic mass is 32.2. The van der Waals surface area contributed by atoms with Crippen LogP contribution in [0.15, 0.2) is 82.6 Å². The first-order chi connectivity index (χ1) is 10.6. The molecule has 2 aromatic rings. The highest BCUT2D eigenvalue weighted by Gasteiger charge is 2.18. The van der Waals surface area contributed by atoms with Crippen molar-refractivity contribution in [2.75, 3.05) is 5.75 Å². The van der Waals surface area contributed by atoms with E-state index in [-0.39, 0.29) is 5.75 Å². The summed E-state index contributed by atoms with van der Waals surface area (Å²) in [6, 6.07) is 18.1. The van der Waals surface area contributed by atoms with Gasteiger partial charge in [-0.05, 0) is 23.8 Å². The predicted molar refractivity (Wildman–Crippen MR) is 85.3 cm³/mol. The van der Waals surface area contributed by atoms with E-state index >= 15 is 0 Å². The Hall–Kier alpha value is -2.40. The Bertz CT molecular complexity index is 809. The monoisotopic (exact) mass is 313 g/mol. The first kappa shape index (κ1) is 14.5. The van der Waals surface area contributed by atoms with Crippen molar-refractivity contribution in [3.05, 3.63) is 78.1 Å². The summed E-state index contributed by atoms with van der Waals surface area (Å²) in [6.07, 6.45) is 2.09. The number of hydrogen-bond donors (Lipinski definition) is 0. The molecule has 0 bridgehead atoms. The molecule has 0 fully saturated rings. The molecule has 0 aromatic heterocycles. The molecule has 1 aliphatic rings. The number of rotatable bonds is 4. The zero-order chi connectivity index (χ0) is 15.4. The van der Waals surface area contributed by atoms with E-state index in [0.29, 0.717) is 17.1 Å². The molecule has 0 radical (unpaired) electrons. The van der Waals surface area contributed by atoms with Gasteiger partial charge in [0.15, 0.2) is 9.84 Å². The van der Waals surface area contributed by atoms with Crippen molar-refractivity contribution >= 4 is 15.5 Å². The second kappa shape index (κ2) is 6.15. The van der Waals surface area contributed by atoms with Crippen LogP contribution in [0.25, 0.3) is 0 Å². The molecule has 0 spiro atoms. The van der Waals surface area contributed by atoms with Gasteiger partial charge in [-0.25, -0.2) is 8.42 Å². The van der Waals surface area contributed by atoms with Gasteiger partial charge in [-0.1, -0.05) is 53.7 Å². The minimum Gasteiger partial charge on any atom is -0.361 e. The summed E-state index contributed by atoms with van der Waals surface area (Å²) in [5.41, 5.74) is 1.79. The lowest BCUT2D eigenvalue weighted by Gasteiger charge is -2.01. The summed E-state index contributed by atoms with van der Waals surface area (Å²) in [7, 11) is -3.34. The van der Waals surface area contributed by atoms with Crippen LogP contribution in [-0.2, 0) is 14.7 Å². The van der Waals surface area contributed by atoms with E-state index < -0.39 is 9.84 Å². The molecule has 0 saturated carbocycles. The third-order valence-electron chi connectivity index (χ3n) is 3.35. The van der Waals surface area contributed by atoms with E-state index in [1.165, 1.54) is 0 Å². The van der Waals surface area contributed by atoms with E-state index in [9.17, 15) is 8.42 Å². The van der Waals surface area contributed by atoms with Gasteiger partial charge in [0.2, 0.25) is 0 Å². The highest BCUT2D eigenvalue weighted by molar-refractivity contribution is 7.91. The molecular weight excluding hydrogens is 298 g/mol. The van der Waals surface area contributed by atoms with Gasteiger partial charge >= 0.3 is 0 Å². The van der Waals surface area contributed by atoms with E-state index in [1.807, 2.05) is 30.3 Å². The zero-order valence-electron chi connectivity index (χ0n) is 11.8. The molecule has 1 heterocycles. The summed E-state index contributed by atoms with van der Waals surface area (Å²) >= 11 is 0. The van der Waals surface area contributed by atoms with Crippen LogP contribution in [0.3, 0.4) is 0 Å². The van der Waals surface area contributed by atoms with Gasteiger partial charge in [-0.3, -0.25) is 0 Å². The fourth-order valence-corrected chi connectivity index (χ4v) is 3.33. The molecule has 5 heteroatoms. The maximum atomic E-state index is 12.2. The smallest absolute Gasteiger partial charge is 0.182 e. The zero-order valence-corrected chi connectivity index (χ0v) is 12.7. The van der Waals surface area contributed by atoms with Crippen molar-refractivity contribution in [3.8, 4) is 0 Å². The van der Waals surface area contributed by atoms with Gasteiger partial charge in [0.1, 0.15) is 5.76 Å². The lowest BCUT2D eigenvalue weighted by molar-refractivity contribution is 0.244. The standard InChI is InChI=1S/C17H15NO3S/c19-22(20,16-9-5-2-6-10-16)12-11-15-13-17(18-21-15)14-7-3-1-4-8-14/h1-11H,12-13H2/b15-11-. The number of allylic oxidation sites excluding steroid dienone is 1. The van der Waals surface area contributed by atoms with Gasteiger partial charge in [-0.2, -0.15) is 0 Å². The molecule has 3 rings (SSSR count). The molecule has 0 amide bonds. The van der Waals surface area contributed by atoms with Gasteiger partial charge in [0, 0.05) is 0 Å². The summed E-state index contributed by atoms with van der Waals surface area (Å²) in [4.78, 5) is 5.55. The maximum absolute atomic E-state index is 12.2. The van der Waals surface area contributed by atoms with E-state index in [0.717, 1.165) is 11.3 Å². The first-order valence-corrected chi connectivity index (χ1v) is 8.56. The Balaban J connectivity index is 1.69. The van der Waals surface area contributed by atoms with Crippen molar-refractivity contribution in [1.29, 1.82) is 0 Å². The number of sulfone groups is 1. The molecule has 4 nitrogen and oxygen atoms in total. The third-order valence-corrected chi connectivity index (χ3v) is 4.95. The summed E-state index contributed by atoms with van der Waals surface area (Å²) in [6.45, 7) is 0. The third kappa shape index (κ3) is 3.26. The lowest BCUT2D eigenvalue weighted by Crippen LogP contribution is -2.05. The maximum Gasteiger partial charge on any atom is 0.182 e. The molecular formula is C17H15NO3S. The van der Waals surface area contributed by atoms with Crippen LogP contribution < -0.4 is 0 Å².